The maximum absolute atomic E-state index is 11.2. The van der Waals surface area contributed by atoms with E-state index in [0.29, 0.717) is 13.0 Å². The predicted octanol–water partition coefficient (Wildman–Crippen LogP) is -0.00490. The number of carbonyl (C=O) groups is 2. The molecule has 0 fully saturated rings. The summed E-state index contributed by atoms with van der Waals surface area (Å²) in [6.07, 6.45) is 2.28. The molecule has 1 rings (SSSR count). The lowest BCUT2D eigenvalue weighted by Gasteiger charge is -2.11. The van der Waals surface area contributed by atoms with Gasteiger partial charge in [-0.1, -0.05) is 0 Å². The molecule has 1 aromatic heterocycles. The second-order valence-corrected chi connectivity index (χ2v) is 3.36. The molecule has 3 amide bonds. The topological polar surface area (TPSA) is 97.4 Å². The molecule has 0 bridgehead atoms. The molecule has 16 heavy (non-hydrogen) atoms. The average molecular weight is 225 g/mol. The Morgan fingerprint density at radius 2 is 2.31 bits per heavy atom. The average Bonchev–Trinajstić information content (AvgIpc) is 2.69. The van der Waals surface area contributed by atoms with Crippen LogP contribution in [0.1, 0.15) is 12.7 Å². The number of nitrogens with one attached hydrogen (secondary N) is 2. The van der Waals surface area contributed by atoms with E-state index in [-0.39, 0.29) is 0 Å². The normalized spacial score (nSPS) is 12.1. The van der Waals surface area contributed by atoms with E-state index in [2.05, 4.69) is 5.32 Å². The Bertz CT molecular complexity index is 348. The lowest BCUT2D eigenvalue weighted by molar-refractivity contribution is -0.121. The van der Waals surface area contributed by atoms with Crippen molar-refractivity contribution < 1.29 is 14.0 Å². The van der Waals surface area contributed by atoms with Gasteiger partial charge >= 0.3 is 6.03 Å². The highest BCUT2D eigenvalue weighted by molar-refractivity contribution is 5.96. The van der Waals surface area contributed by atoms with Crippen LogP contribution >= 0.6 is 0 Å². The van der Waals surface area contributed by atoms with E-state index in [4.69, 9.17) is 10.2 Å². The molecular formula is C10H15N3O3. The molecule has 0 aromatic carbocycles. The third-order valence-electron chi connectivity index (χ3n) is 2.04. The van der Waals surface area contributed by atoms with E-state index >= 15 is 0 Å². The van der Waals surface area contributed by atoms with Crippen molar-refractivity contribution in [1.29, 1.82) is 0 Å². The van der Waals surface area contributed by atoms with Gasteiger partial charge in [-0.25, -0.2) is 4.79 Å². The van der Waals surface area contributed by atoms with E-state index in [1.54, 1.807) is 19.3 Å². The van der Waals surface area contributed by atoms with Crippen molar-refractivity contribution in [3.8, 4) is 0 Å². The molecule has 88 valence electrons. The van der Waals surface area contributed by atoms with Gasteiger partial charge in [0.15, 0.2) is 0 Å². The molecule has 6 nitrogen and oxygen atoms in total. The Morgan fingerprint density at radius 3 is 2.88 bits per heavy atom. The third kappa shape index (κ3) is 4.14. The maximum Gasteiger partial charge on any atom is 0.318 e. The molecule has 0 aliphatic heterocycles. The highest BCUT2D eigenvalue weighted by Crippen LogP contribution is 1.99. The van der Waals surface area contributed by atoms with Gasteiger partial charge in [0.2, 0.25) is 5.91 Å². The highest BCUT2D eigenvalue weighted by atomic mass is 16.3. The van der Waals surface area contributed by atoms with Crippen LogP contribution < -0.4 is 16.4 Å². The Labute approximate surface area is 93.2 Å². The largest absolute Gasteiger partial charge is 0.469 e. The number of hydrogen-bond acceptors (Lipinski definition) is 4. The van der Waals surface area contributed by atoms with Gasteiger partial charge in [0.1, 0.15) is 5.76 Å². The van der Waals surface area contributed by atoms with Gasteiger partial charge in [0.05, 0.1) is 12.3 Å². The van der Waals surface area contributed by atoms with Crippen molar-refractivity contribution in [3.05, 3.63) is 24.2 Å². The Kier molecular flexibility index (Phi) is 4.53. The van der Waals surface area contributed by atoms with Crippen molar-refractivity contribution in [1.82, 2.24) is 10.6 Å². The summed E-state index contributed by atoms with van der Waals surface area (Å²) in [5, 5.41) is 4.95. The van der Waals surface area contributed by atoms with Crippen LogP contribution in [0.25, 0.3) is 0 Å². The lowest BCUT2D eigenvalue weighted by Crippen LogP contribution is -2.46. The Morgan fingerprint density at radius 1 is 1.56 bits per heavy atom. The van der Waals surface area contributed by atoms with Gasteiger partial charge in [-0.15, -0.1) is 0 Å². The summed E-state index contributed by atoms with van der Waals surface area (Å²) in [7, 11) is 0. The molecule has 0 saturated heterocycles. The van der Waals surface area contributed by atoms with Crippen molar-refractivity contribution in [3.63, 3.8) is 0 Å². The zero-order valence-corrected chi connectivity index (χ0v) is 9.03. The molecule has 0 spiro atoms. The molecule has 1 heterocycles. The molecular weight excluding hydrogens is 210 g/mol. The summed E-state index contributed by atoms with van der Waals surface area (Å²) < 4.78 is 5.13. The molecule has 1 atom stereocenters. The summed E-state index contributed by atoms with van der Waals surface area (Å²) in [4.78, 5) is 21.7. The second kappa shape index (κ2) is 5.92. The molecule has 1 unspecified atom stereocenters. The second-order valence-electron chi connectivity index (χ2n) is 3.36. The first-order chi connectivity index (χ1) is 7.59. The van der Waals surface area contributed by atoms with Crippen LogP contribution in [0.3, 0.4) is 0 Å². The van der Waals surface area contributed by atoms with E-state index < -0.39 is 18.0 Å². The first kappa shape index (κ1) is 12.3. The smallest absolute Gasteiger partial charge is 0.318 e. The number of nitrogens with two attached hydrogens (primary N) is 1. The summed E-state index contributed by atoms with van der Waals surface area (Å²) in [6, 6.07) is 2.35. The van der Waals surface area contributed by atoms with Gasteiger partial charge < -0.3 is 15.5 Å². The van der Waals surface area contributed by atoms with Gasteiger partial charge in [-0.2, -0.15) is 0 Å². The zero-order chi connectivity index (χ0) is 12.0. The molecule has 4 N–H and O–H groups in total. The maximum atomic E-state index is 11.2. The minimum atomic E-state index is -0.843. The number of amides is 3. The Balaban J connectivity index is 2.22. The third-order valence-corrected chi connectivity index (χ3v) is 2.04. The van der Waals surface area contributed by atoms with Crippen LogP contribution in [0.2, 0.25) is 0 Å². The van der Waals surface area contributed by atoms with Gasteiger partial charge in [-0.3, -0.25) is 10.1 Å². The number of rotatable bonds is 5. The summed E-state index contributed by atoms with van der Waals surface area (Å²) in [5.41, 5.74) is 4.82. The number of carbonyl (C=O) groups excluding carboxylic acids is 2. The fourth-order valence-corrected chi connectivity index (χ4v) is 1.19. The quantitative estimate of drug-likeness (QED) is 0.656. The van der Waals surface area contributed by atoms with E-state index in [0.717, 1.165) is 5.76 Å². The van der Waals surface area contributed by atoms with Crippen LogP contribution in [-0.4, -0.2) is 24.5 Å². The number of imide groups is 1. The monoisotopic (exact) mass is 225 g/mol. The van der Waals surface area contributed by atoms with Crippen LogP contribution in [0.15, 0.2) is 22.8 Å². The molecule has 0 aliphatic carbocycles. The van der Waals surface area contributed by atoms with Gasteiger partial charge in [0.25, 0.3) is 0 Å². The number of hydrogen-bond donors (Lipinski definition) is 3. The van der Waals surface area contributed by atoms with E-state index in [1.807, 2.05) is 11.4 Å². The fourth-order valence-electron chi connectivity index (χ4n) is 1.19. The number of urea groups is 1. The van der Waals surface area contributed by atoms with Crippen LogP contribution in [0, 0.1) is 0 Å². The SMILES string of the molecule is CC(NCCc1ccco1)C(=O)NC(N)=O. The minimum Gasteiger partial charge on any atom is -0.469 e. The highest BCUT2D eigenvalue weighted by Gasteiger charge is 2.13. The van der Waals surface area contributed by atoms with Gasteiger partial charge in [0, 0.05) is 13.0 Å². The van der Waals surface area contributed by atoms with Crippen LogP contribution in [-0.2, 0) is 11.2 Å². The number of furan rings is 1. The summed E-state index contributed by atoms with van der Waals surface area (Å²) in [5.74, 6) is 0.405. The van der Waals surface area contributed by atoms with Crippen LogP contribution in [0.4, 0.5) is 4.79 Å². The van der Waals surface area contributed by atoms with Crippen molar-refractivity contribution in [2.75, 3.05) is 6.54 Å². The molecule has 0 saturated carbocycles. The molecule has 6 heteroatoms. The minimum absolute atomic E-state index is 0.438. The zero-order valence-electron chi connectivity index (χ0n) is 9.03. The van der Waals surface area contributed by atoms with Crippen molar-refractivity contribution in [2.24, 2.45) is 5.73 Å². The molecule has 0 radical (unpaired) electrons. The first-order valence-electron chi connectivity index (χ1n) is 4.95. The van der Waals surface area contributed by atoms with Crippen molar-refractivity contribution in [2.45, 2.75) is 19.4 Å². The predicted molar refractivity (Wildman–Crippen MR) is 57.6 cm³/mol. The molecule has 0 aliphatic rings. The number of primary amides is 1. The standard InChI is InChI=1S/C10H15N3O3/c1-7(9(14)13-10(11)15)12-5-4-8-3-2-6-16-8/h2-3,6-7,12H,4-5H2,1H3,(H3,11,13,14,15). The summed E-state index contributed by atoms with van der Waals surface area (Å²) in [6.45, 7) is 2.24. The van der Waals surface area contributed by atoms with Crippen molar-refractivity contribution >= 4 is 11.9 Å². The lowest BCUT2D eigenvalue weighted by atomic mass is 10.2. The van der Waals surface area contributed by atoms with Gasteiger partial charge in [-0.05, 0) is 19.1 Å². The Hall–Kier alpha value is -1.82. The first-order valence-corrected chi connectivity index (χ1v) is 4.95. The summed E-state index contributed by atoms with van der Waals surface area (Å²) >= 11 is 0. The van der Waals surface area contributed by atoms with Crippen LogP contribution in [0.5, 0.6) is 0 Å². The molecule has 1 aromatic rings. The van der Waals surface area contributed by atoms with E-state index in [9.17, 15) is 9.59 Å². The van der Waals surface area contributed by atoms with E-state index in [1.165, 1.54) is 0 Å². The fraction of sp³-hybridized carbons (Fsp3) is 0.400.